The van der Waals surface area contributed by atoms with Crippen molar-refractivity contribution in [3.05, 3.63) is 57.2 Å². The van der Waals surface area contributed by atoms with Crippen molar-refractivity contribution in [2.24, 2.45) is 0 Å². The van der Waals surface area contributed by atoms with Gasteiger partial charge < -0.3 is 5.32 Å². The number of halogens is 2. The summed E-state index contributed by atoms with van der Waals surface area (Å²) < 4.78 is 0.670. The molecule has 0 saturated carbocycles. The maximum Gasteiger partial charge on any atom is 0.257 e. The molecule has 2 aromatic rings. The van der Waals surface area contributed by atoms with Gasteiger partial charge >= 0.3 is 0 Å². The van der Waals surface area contributed by atoms with Crippen molar-refractivity contribution in [3.8, 4) is 0 Å². The minimum absolute atomic E-state index is 0.222. The van der Waals surface area contributed by atoms with Gasteiger partial charge in [0.25, 0.3) is 5.91 Å². The van der Waals surface area contributed by atoms with E-state index in [1.807, 2.05) is 13.0 Å². The van der Waals surface area contributed by atoms with Crippen molar-refractivity contribution in [1.29, 1.82) is 0 Å². The van der Waals surface area contributed by atoms with Crippen LogP contribution in [0.4, 0.5) is 5.82 Å². The molecule has 2 rings (SSSR count). The summed E-state index contributed by atoms with van der Waals surface area (Å²) in [5, 5.41) is 3.26. The van der Waals surface area contributed by atoms with Crippen LogP contribution in [0.1, 0.15) is 15.9 Å². The zero-order chi connectivity index (χ0) is 13.1. The standard InChI is InChI=1S/C13H10BrClN2O/c1-8-5-6-9(15)7-10(8)13(18)17-12-4-2-3-11(14)16-12/h2-7H,1H3,(H,16,17,18). The maximum absolute atomic E-state index is 12.1. The Labute approximate surface area is 118 Å². The molecule has 1 aromatic carbocycles. The van der Waals surface area contributed by atoms with E-state index in [9.17, 15) is 4.79 Å². The molecule has 0 saturated heterocycles. The highest BCUT2D eigenvalue weighted by atomic mass is 79.9. The van der Waals surface area contributed by atoms with Crippen LogP contribution in [0.15, 0.2) is 41.0 Å². The van der Waals surface area contributed by atoms with Crippen LogP contribution in [0.3, 0.4) is 0 Å². The lowest BCUT2D eigenvalue weighted by atomic mass is 10.1. The number of aromatic nitrogens is 1. The quantitative estimate of drug-likeness (QED) is 0.846. The molecule has 1 heterocycles. The second kappa shape index (κ2) is 5.50. The molecule has 3 nitrogen and oxygen atoms in total. The van der Waals surface area contributed by atoms with Crippen LogP contribution in [-0.4, -0.2) is 10.9 Å². The average molecular weight is 326 g/mol. The normalized spacial score (nSPS) is 10.2. The van der Waals surface area contributed by atoms with E-state index in [0.717, 1.165) is 5.56 Å². The van der Waals surface area contributed by atoms with Crippen LogP contribution in [0.2, 0.25) is 5.02 Å². The van der Waals surface area contributed by atoms with Crippen LogP contribution in [-0.2, 0) is 0 Å². The highest BCUT2D eigenvalue weighted by Gasteiger charge is 2.10. The third-order valence-corrected chi connectivity index (χ3v) is 3.08. The molecule has 0 radical (unpaired) electrons. The number of amides is 1. The predicted octanol–water partition coefficient (Wildman–Crippen LogP) is 4.06. The van der Waals surface area contributed by atoms with E-state index in [4.69, 9.17) is 11.6 Å². The number of rotatable bonds is 2. The van der Waals surface area contributed by atoms with Gasteiger partial charge in [-0.2, -0.15) is 0 Å². The van der Waals surface area contributed by atoms with Gasteiger partial charge in [-0.05, 0) is 52.7 Å². The van der Waals surface area contributed by atoms with Crippen molar-refractivity contribution in [2.75, 3.05) is 5.32 Å². The number of carbonyl (C=O) groups excluding carboxylic acids is 1. The first kappa shape index (κ1) is 13.1. The zero-order valence-corrected chi connectivity index (χ0v) is 11.9. The number of anilines is 1. The number of pyridine rings is 1. The van der Waals surface area contributed by atoms with Gasteiger partial charge in [-0.3, -0.25) is 4.79 Å². The molecule has 0 spiro atoms. The third-order valence-electron chi connectivity index (χ3n) is 2.40. The summed E-state index contributed by atoms with van der Waals surface area (Å²) in [6.07, 6.45) is 0. The summed E-state index contributed by atoms with van der Waals surface area (Å²) >= 11 is 9.14. The van der Waals surface area contributed by atoms with Crippen molar-refractivity contribution in [2.45, 2.75) is 6.92 Å². The molecule has 0 bridgehead atoms. The van der Waals surface area contributed by atoms with E-state index < -0.39 is 0 Å². The molecule has 0 aliphatic heterocycles. The summed E-state index contributed by atoms with van der Waals surface area (Å²) in [7, 11) is 0. The smallest absolute Gasteiger partial charge is 0.257 e. The molecule has 92 valence electrons. The van der Waals surface area contributed by atoms with E-state index >= 15 is 0 Å². The van der Waals surface area contributed by atoms with Gasteiger partial charge in [0.2, 0.25) is 0 Å². The van der Waals surface area contributed by atoms with E-state index in [1.165, 1.54) is 0 Å². The molecule has 0 fully saturated rings. The molecule has 0 aliphatic rings. The first-order chi connectivity index (χ1) is 8.56. The number of aryl methyl sites for hydroxylation is 1. The summed E-state index contributed by atoms with van der Waals surface area (Å²) in [5.41, 5.74) is 1.41. The van der Waals surface area contributed by atoms with Crippen LogP contribution >= 0.6 is 27.5 Å². The lowest BCUT2D eigenvalue weighted by Crippen LogP contribution is -2.14. The Morgan fingerprint density at radius 1 is 1.33 bits per heavy atom. The molecule has 0 atom stereocenters. The Kier molecular flexibility index (Phi) is 3.99. The molecule has 1 amide bonds. The SMILES string of the molecule is Cc1ccc(Cl)cc1C(=O)Nc1cccc(Br)n1. The van der Waals surface area contributed by atoms with Crippen LogP contribution < -0.4 is 5.32 Å². The zero-order valence-electron chi connectivity index (χ0n) is 9.58. The monoisotopic (exact) mass is 324 g/mol. The van der Waals surface area contributed by atoms with Crippen molar-refractivity contribution in [3.63, 3.8) is 0 Å². The molecular formula is C13H10BrClN2O. The van der Waals surface area contributed by atoms with Crippen LogP contribution in [0, 0.1) is 6.92 Å². The Balaban J connectivity index is 2.24. The topological polar surface area (TPSA) is 42.0 Å². The van der Waals surface area contributed by atoms with Gasteiger partial charge in [0.05, 0.1) is 0 Å². The second-order valence-corrected chi connectivity index (χ2v) is 5.01. The van der Waals surface area contributed by atoms with Crippen molar-refractivity contribution < 1.29 is 4.79 Å². The lowest BCUT2D eigenvalue weighted by Gasteiger charge is -2.07. The Hall–Kier alpha value is -1.39. The van der Waals surface area contributed by atoms with Gasteiger partial charge in [0.15, 0.2) is 0 Å². The molecule has 18 heavy (non-hydrogen) atoms. The molecule has 1 aromatic heterocycles. The van der Waals surface area contributed by atoms with Gasteiger partial charge in [-0.25, -0.2) is 4.98 Å². The summed E-state index contributed by atoms with van der Waals surface area (Å²) in [6, 6.07) is 10.5. The largest absolute Gasteiger partial charge is 0.307 e. The molecule has 1 N–H and O–H groups in total. The summed E-state index contributed by atoms with van der Waals surface area (Å²) in [6.45, 7) is 1.86. The predicted molar refractivity (Wildman–Crippen MR) is 76.1 cm³/mol. The fraction of sp³-hybridized carbons (Fsp3) is 0.0769. The number of carbonyl (C=O) groups is 1. The van der Waals surface area contributed by atoms with Gasteiger partial charge in [-0.1, -0.05) is 23.7 Å². The van der Waals surface area contributed by atoms with E-state index in [2.05, 4.69) is 26.2 Å². The second-order valence-electron chi connectivity index (χ2n) is 3.76. The number of benzene rings is 1. The maximum atomic E-state index is 12.1. The fourth-order valence-electron chi connectivity index (χ4n) is 1.50. The Bertz CT molecular complexity index is 601. The number of nitrogens with zero attached hydrogens (tertiary/aromatic N) is 1. The van der Waals surface area contributed by atoms with Gasteiger partial charge in [-0.15, -0.1) is 0 Å². The first-order valence-electron chi connectivity index (χ1n) is 5.26. The Morgan fingerprint density at radius 2 is 2.11 bits per heavy atom. The number of nitrogens with one attached hydrogen (secondary N) is 1. The highest BCUT2D eigenvalue weighted by Crippen LogP contribution is 2.17. The Morgan fingerprint density at radius 3 is 2.83 bits per heavy atom. The minimum Gasteiger partial charge on any atom is -0.307 e. The molecule has 5 heteroatoms. The summed E-state index contributed by atoms with van der Waals surface area (Å²) in [4.78, 5) is 16.2. The first-order valence-corrected chi connectivity index (χ1v) is 6.43. The van der Waals surface area contributed by atoms with E-state index in [0.29, 0.717) is 21.0 Å². The average Bonchev–Trinajstić information content (AvgIpc) is 2.32. The van der Waals surface area contributed by atoms with Crippen molar-refractivity contribution >= 4 is 39.3 Å². The highest BCUT2D eigenvalue weighted by molar-refractivity contribution is 9.10. The molecule has 0 aliphatic carbocycles. The summed E-state index contributed by atoms with van der Waals surface area (Å²) in [5.74, 6) is 0.273. The minimum atomic E-state index is -0.222. The molecule has 0 unspecified atom stereocenters. The lowest BCUT2D eigenvalue weighted by molar-refractivity contribution is 0.102. The van der Waals surface area contributed by atoms with Crippen molar-refractivity contribution in [1.82, 2.24) is 4.98 Å². The van der Waals surface area contributed by atoms with E-state index in [1.54, 1.807) is 30.3 Å². The third kappa shape index (κ3) is 3.09. The van der Waals surface area contributed by atoms with Crippen LogP contribution in [0.5, 0.6) is 0 Å². The van der Waals surface area contributed by atoms with Gasteiger partial charge in [0, 0.05) is 10.6 Å². The van der Waals surface area contributed by atoms with Crippen LogP contribution in [0.25, 0.3) is 0 Å². The number of hydrogen-bond acceptors (Lipinski definition) is 2. The van der Waals surface area contributed by atoms with Gasteiger partial charge in [0.1, 0.15) is 10.4 Å². The van der Waals surface area contributed by atoms with E-state index in [-0.39, 0.29) is 5.91 Å². The number of hydrogen-bond donors (Lipinski definition) is 1. The fourth-order valence-corrected chi connectivity index (χ4v) is 2.02. The molecular weight excluding hydrogens is 316 g/mol.